The third-order valence-electron chi connectivity index (χ3n) is 2.56. The number of para-hydroxylation sites is 1. The van der Waals surface area contributed by atoms with Crippen molar-refractivity contribution in [1.29, 1.82) is 0 Å². The van der Waals surface area contributed by atoms with E-state index in [1.807, 2.05) is 32.3 Å². The van der Waals surface area contributed by atoms with Crippen molar-refractivity contribution in [3.63, 3.8) is 0 Å². The van der Waals surface area contributed by atoms with Crippen LogP contribution in [0.15, 0.2) is 24.5 Å². The van der Waals surface area contributed by atoms with Crippen LogP contribution >= 0.6 is 0 Å². The lowest BCUT2D eigenvalue weighted by Gasteiger charge is -2.21. The maximum atomic E-state index is 11.4. The smallest absolute Gasteiger partial charge is 0.239 e. The summed E-state index contributed by atoms with van der Waals surface area (Å²) in [5.74, 6) is -0.375. The minimum absolute atomic E-state index is 0.375. The largest absolute Gasteiger partial charge is 0.368 e. The van der Waals surface area contributed by atoms with Crippen LogP contribution in [-0.4, -0.2) is 34.9 Å². The Morgan fingerprint density at radius 2 is 2.25 bits per heavy atom. The molecule has 84 valence electrons. The van der Waals surface area contributed by atoms with Gasteiger partial charge in [0.1, 0.15) is 6.04 Å². The first-order chi connectivity index (χ1) is 7.61. The Labute approximate surface area is 93.3 Å². The molecule has 1 amide bonds. The van der Waals surface area contributed by atoms with E-state index in [1.54, 1.807) is 11.2 Å². The molecule has 0 spiro atoms. The van der Waals surface area contributed by atoms with Crippen molar-refractivity contribution in [2.75, 3.05) is 14.1 Å². The molecule has 0 fully saturated rings. The Morgan fingerprint density at radius 3 is 2.88 bits per heavy atom. The Hall–Kier alpha value is -1.88. The average molecular weight is 218 g/mol. The van der Waals surface area contributed by atoms with Gasteiger partial charge in [0, 0.05) is 5.56 Å². The third-order valence-corrected chi connectivity index (χ3v) is 2.56. The molecule has 1 aromatic carbocycles. The second-order valence-corrected chi connectivity index (χ2v) is 3.91. The molecular weight excluding hydrogens is 204 g/mol. The summed E-state index contributed by atoms with van der Waals surface area (Å²) in [5, 5.41) is 0. The van der Waals surface area contributed by atoms with Crippen LogP contribution in [-0.2, 0) is 4.79 Å². The number of hydrogen-bond acceptors (Lipinski definition) is 3. The number of fused-ring (bicyclic) bond motifs is 1. The summed E-state index contributed by atoms with van der Waals surface area (Å²) < 4.78 is 0. The second kappa shape index (κ2) is 3.94. The third kappa shape index (κ3) is 1.65. The SMILES string of the molecule is CN(C)C(C(N)=O)c1cccc2[nH]cnc12. The molecule has 3 N–H and O–H groups in total. The average Bonchev–Trinajstić information content (AvgIpc) is 2.65. The molecule has 0 saturated heterocycles. The zero-order valence-electron chi connectivity index (χ0n) is 9.27. The van der Waals surface area contributed by atoms with Gasteiger partial charge in [-0.25, -0.2) is 4.98 Å². The molecule has 2 aromatic rings. The van der Waals surface area contributed by atoms with Crippen molar-refractivity contribution in [2.24, 2.45) is 5.73 Å². The van der Waals surface area contributed by atoms with Gasteiger partial charge in [0.2, 0.25) is 5.91 Å². The molecule has 0 aliphatic carbocycles. The summed E-state index contributed by atoms with van der Waals surface area (Å²) in [5.41, 5.74) is 7.94. The molecule has 1 aromatic heterocycles. The highest BCUT2D eigenvalue weighted by atomic mass is 16.1. The summed E-state index contributed by atoms with van der Waals surface area (Å²) >= 11 is 0. The number of H-pyrrole nitrogens is 1. The van der Waals surface area contributed by atoms with Gasteiger partial charge >= 0.3 is 0 Å². The summed E-state index contributed by atoms with van der Waals surface area (Å²) in [7, 11) is 3.64. The fourth-order valence-electron chi connectivity index (χ4n) is 1.89. The van der Waals surface area contributed by atoms with Crippen molar-refractivity contribution in [3.05, 3.63) is 30.1 Å². The lowest BCUT2D eigenvalue weighted by atomic mass is 10.0. The van der Waals surface area contributed by atoms with Gasteiger partial charge in [-0.3, -0.25) is 9.69 Å². The van der Waals surface area contributed by atoms with Crippen molar-refractivity contribution in [2.45, 2.75) is 6.04 Å². The van der Waals surface area contributed by atoms with Crippen molar-refractivity contribution in [3.8, 4) is 0 Å². The normalized spacial score (nSPS) is 13.2. The van der Waals surface area contributed by atoms with Gasteiger partial charge in [-0.05, 0) is 20.2 Å². The van der Waals surface area contributed by atoms with E-state index in [-0.39, 0.29) is 5.91 Å². The molecule has 1 atom stereocenters. The maximum absolute atomic E-state index is 11.4. The van der Waals surface area contributed by atoms with E-state index in [9.17, 15) is 4.79 Å². The summed E-state index contributed by atoms with van der Waals surface area (Å²) in [6.07, 6.45) is 1.61. The highest BCUT2D eigenvalue weighted by Gasteiger charge is 2.22. The fraction of sp³-hybridized carbons (Fsp3) is 0.273. The van der Waals surface area contributed by atoms with Gasteiger partial charge < -0.3 is 10.7 Å². The van der Waals surface area contributed by atoms with Gasteiger partial charge in [0.05, 0.1) is 17.4 Å². The van der Waals surface area contributed by atoms with Crippen LogP contribution in [0.5, 0.6) is 0 Å². The molecule has 0 aliphatic rings. The Morgan fingerprint density at radius 1 is 1.50 bits per heavy atom. The number of carbonyl (C=O) groups excluding carboxylic acids is 1. The first kappa shape index (κ1) is 10.6. The van der Waals surface area contributed by atoms with Crippen LogP contribution in [0.2, 0.25) is 0 Å². The number of primary amides is 1. The number of likely N-dealkylation sites (N-methyl/N-ethyl adjacent to an activating group) is 1. The number of aromatic amines is 1. The van der Waals surface area contributed by atoms with Gasteiger partial charge in [0.25, 0.3) is 0 Å². The predicted octanol–water partition coefficient (Wildman–Crippen LogP) is 0.651. The lowest BCUT2D eigenvalue weighted by Crippen LogP contribution is -2.32. The standard InChI is InChI=1S/C11H14N4O/c1-15(2)10(11(12)16)7-4-3-5-8-9(7)14-6-13-8/h3-6,10H,1-2H3,(H2,12,16)(H,13,14). The number of nitrogens with one attached hydrogen (secondary N) is 1. The number of nitrogens with two attached hydrogens (primary N) is 1. The molecular formula is C11H14N4O. The molecule has 0 saturated carbocycles. The van der Waals surface area contributed by atoms with Crippen molar-refractivity contribution < 1.29 is 4.79 Å². The zero-order valence-corrected chi connectivity index (χ0v) is 9.27. The summed E-state index contributed by atoms with van der Waals surface area (Å²) in [6.45, 7) is 0. The fourth-order valence-corrected chi connectivity index (χ4v) is 1.89. The first-order valence-electron chi connectivity index (χ1n) is 4.99. The number of hydrogen-bond donors (Lipinski definition) is 2. The number of amides is 1. The number of imidazole rings is 1. The van der Waals surface area contributed by atoms with E-state index in [0.29, 0.717) is 0 Å². The Bertz CT molecular complexity index is 517. The van der Waals surface area contributed by atoms with E-state index >= 15 is 0 Å². The molecule has 0 bridgehead atoms. The van der Waals surface area contributed by atoms with E-state index in [2.05, 4.69) is 9.97 Å². The molecule has 1 heterocycles. The van der Waals surface area contributed by atoms with Gasteiger partial charge in [-0.2, -0.15) is 0 Å². The minimum atomic E-state index is -0.452. The number of aromatic nitrogens is 2. The lowest BCUT2D eigenvalue weighted by molar-refractivity contribution is -0.122. The van der Waals surface area contributed by atoms with E-state index < -0.39 is 6.04 Å². The first-order valence-corrected chi connectivity index (χ1v) is 4.99. The van der Waals surface area contributed by atoms with E-state index in [4.69, 9.17) is 5.73 Å². The monoisotopic (exact) mass is 218 g/mol. The number of rotatable bonds is 3. The second-order valence-electron chi connectivity index (χ2n) is 3.91. The molecule has 0 aliphatic heterocycles. The highest BCUT2D eigenvalue weighted by Crippen LogP contribution is 2.24. The molecule has 5 nitrogen and oxygen atoms in total. The van der Waals surface area contributed by atoms with Crippen LogP contribution in [0, 0.1) is 0 Å². The van der Waals surface area contributed by atoms with Gasteiger partial charge in [-0.15, -0.1) is 0 Å². The van der Waals surface area contributed by atoms with Crippen LogP contribution in [0.3, 0.4) is 0 Å². The molecule has 2 rings (SSSR count). The van der Waals surface area contributed by atoms with Crippen LogP contribution in [0.25, 0.3) is 11.0 Å². The van der Waals surface area contributed by atoms with Crippen LogP contribution in [0.1, 0.15) is 11.6 Å². The van der Waals surface area contributed by atoms with Crippen LogP contribution < -0.4 is 5.73 Å². The summed E-state index contributed by atoms with van der Waals surface area (Å²) in [4.78, 5) is 20.5. The molecule has 5 heteroatoms. The van der Waals surface area contributed by atoms with Crippen molar-refractivity contribution >= 4 is 16.9 Å². The predicted molar refractivity (Wildman–Crippen MR) is 61.7 cm³/mol. The Kier molecular flexibility index (Phi) is 2.62. The van der Waals surface area contributed by atoms with Gasteiger partial charge in [-0.1, -0.05) is 12.1 Å². The van der Waals surface area contributed by atoms with E-state index in [1.165, 1.54) is 0 Å². The highest BCUT2D eigenvalue weighted by molar-refractivity contribution is 5.88. The number of benzene rings is 1. The van der Waals surface area contributed by atoms with Crippen LogP contribution in [0.4, 0.5) is 0 Å². The van der Waals surface area contributed by atoms with Gasteiger partial charge in [0.15, 0.2) is 0 Å². The maximum Gasteiger partial charge on any atom is 0.239 e. The molecule has 1 unspecified atom stereocenters. The molecule has 16 heavy (non-hydrogen) atoms. The summed E-state index contributed by atoms with van der Waals surface area (Å²) in [6, 6.07) is 5.22. The zero-order chi connectivity index (χ0) is 11.7. The van der Waals surface area contributed by atoms with Crippen molar-refractivity contribution in [1.82, 2.24) is 14.9 Å². The quantitative estimate of drug-likeness (QED) is 0.794. The number of nitrogens with zero attached hydrogens (tertiary/aromatic N) is 2. The number of carbonyl (C=O) groups is 1. The molecule has 0 radical (unpaired) electrons. The van der Waals surface area contributed by atoms with E-state index in [0.717, 1.165) is 16.6 Å². The Balaban J connectivity index is 2.60. The minimum Gasteiger partial charge on any atom is -0.368 e. The topological polar surface area (TPSA) is 75.0 Å².